The molecule has 0 bridgehead atoms. The number of Topliss-reactive ketones (excluding diaryl/α,β-unsaturated/α-hetero) is 1. The van der Waals surface area contributed by atoms with Crippen molar-refractivity contribution in [2.75, 3.05) is 17.2 Å². The van der Waals surface area contributed by atoms with E-state index in [0.717, 1.165) is 28.2 Å². The van der Waals surface area contributed by atoms with Crippen LogP contribution in [-0.2, 0) is 4.79 Å². The Morgan fingerprint density at radius 3 is 2.53 bits per heavy atom. The monoisotopic (exact) mass is 538 g/mol. The van der Waals surface area contributed by atoms with E-state index in [4.69, 9.17) is 16.3 Å². The van der Waals surface area contributed by atoms with Gasteiger partial charge in [-0.2, -0.15) is 0 Å². The van der Waals surface area contributed by atoms with Gasteiger partial charge in [0.25, 0.3) is 0 Å². The molecular weight excluding hydrogens is 516 g/mol. The van der Waals surface area contributed by atoms with Gasteiger partial charge in [0.2, 0.25) is 0 Å². The van der Waals surface area contributed by atoms with Crippen molar-refractivity contribution in [3.8, 4) is 11.5 Å². The zero-order valence-electron chi connectivity index (χ0n) is 18.6. The highest BCUT2D eigenvalue weighted by Gasteiger charge is 2.36. The molecule has 174 valence electrons. The summed E-state index contributed by atoms with van der Waals surface area (Å²) in [6.45, 7) is 2.29. The lowest BCUT2D eigenvalue weighted by Crippen LogP contribution is -2.27. The fraction of sp³-hybridized carbons (Fsp3) is 0.222. The van der Waals surface area contributed by atoms with E-state index in [2.05, 4.69) is 26.6 Å². The number of phenols is 1. The SMILES string of the molecule is CCOc1cc(C2Nc3ccccc3NC3=C2C(=O)CC(c2ccc(Cl)cc2)C3)cc(Br)c1O. The molecule has 0 saturated heterocycles. The highest BCUT2D eigenvalue weighted by Crippen LogP contribution is 2.46. The fourth-order valence-corrected chi connectivity index (χ4v) is 5.32. The van der Waals surface area contributed by atoms with Crippen LogP contribution in [0.25, 0.3) is 0 Å². The van der Waals surface area contributed by atoms with E-state index in [1.807, 2.05) is 61.5 Å². The minimum Gasteiger partial charge on any atom is -0.503 e. The first kappa shape index (κ1) is 22.8. The summed E-state index contributed by atoms with van der Waals surface area (Å²) < 4.78 is 6.18. The first-order valence-corrected chi connectivity index (χ1v) is 12.4. The van der Waals surface area contributed by atoms with E-state index in [1.165, 1.54) is 0 Å². The van der Waals surface area contributed by atoms with Gasteiger partial charge in [-0.3, -0.25) is 4.79 Å². The summed E-state index contributed by atoms with van der Waals surface area (Å²) in [5.74, 6) is 0.571. The Bertz CT molecular complexity index is 1290. The predicted octanol–water partition coefficient (Wildman–Crippen LogP) is 7.19. The molecule has 3 aromatic rings. The van der Waals surface area contributed by atoms with Crippen molar-refractivity contribution in [2.45, 2.75) is 31.7 Å². The summed E-state index contributed by atoms with van der Waals surface area (Å²) in [6, 6.07) is 18.9. The van der Waals surface area contributed by atoms with Crippen molar-refractivity contribution >= 4 is 44.7 Å². The van der Waals surface area contributed by atoms with E-state index in [9.17, 15) is 9.90 Å². The number of ketones is 1. The number of carbonyl (C=O) groups excluding carboxylic acids is 1. The zero-order chi connectivity index (χ0) is 23.8. The number of phenolic OH excluding ortho intramolecular Hbond substituents is 1. The van der Waals surface area contributed by atoms with Crippen molar-refractivity contribution < 1.29 is 14.6 Å². The number of nitrogens with one attached hydrogen (secondary N) is 2. The quantitative estimate of drug-likeness (QED) is 0.327. The Morgan fingerprint density at radius 2 is 1.79 bits per heavy atom. The van der Waals surface area contributed by atoms with Crippen molar-refractivity contribution in [1.82, 2.24) is 0 Å². The Labute approximate surface area is 211 Å². The van der Waals surface area contributed by atoms with Gasteiger partial charge in [0.15, 0.2) is 17.3 Å². The van der Waals surface area contributed by atoms with Gasteiger partial charge in [-0.15, -0.1) is 0 Å². The van der Waals surface area contributed by atoms with Crippen molar-refractivity contribution in [1.29, 1.82) is 0 Å². The van der Waals surface area contributed by atoms with Crippen LogP contribution in [0.15, 0.2) is 76.4 Å². The molecule has 2 unspecified atom stereocenters. The Morgan fingerprint density at radius 1 is 1.06 bits per heavy atom. The fourth-order valence-electron chi connectivity index (χ4n) is 4.74. The third-order valence-electron chi connectivity index (χ3n) is 6.33. The van der Waals surface area contributed by atoms with Gasteiger partial charge in [-0.25, -0.2) is 0 Å². The van der Waals surface area contributed by atoms with E-state index >= 15 is 0 Å². The molecule has 7 heteroatoms. The Balaban J connectivity index is 1.62. The maximum absolute atomic E-state index is 13.7. The van der Waals surface area contributed by atoms with E-state index in [0.29, 0.717) is 40.3 Å². The number of rotatable bonds is 4. The average Bonchev–Trinajstić information content (AvgIpc) is 2.99. The summed E-state index contributed by atoms with van der Waals surface area (Å²) in [6.07, 6.45) is 1.11. The van der Waals surface area contributed by atoms with Crippen LogP contribution in [0.4, 0.5) is 11.4 Å². The number of hydrogen-bond acceptors (Lipinski definition) is 5. The lowest BCUT2D eigenvalue weighted by molar-refractivity contribution is -0.116. The number of para-hydroxylation sites is 2. The molecule has 3 N–H and O–H groups in total. The number of benzene rings is 3. The maximum atomic E-state index is 13.7. The summed E-state index contributed by atoms with van der Waals surface area (Å²) in [5, 5.41) is 18.2. The molecule has 0 radical (unpaired) electrons. The molecule has 0 aromatic heterocycles. The maximum Gasteiger partial charge on any atom is 0.172 e. The number of hydrogen-bond donors (Lipinski definition) is 3. The van der Waals surface area contributed by atoms with Crippen molar-refractivity contribution in [3.63, 3.8) is 0 Å². The van der Waals surface area contributed by atoms with Gasteiger partial charge in [0, 0.05) is 22.7 Å². The third kappa shape index (κ3) is 4.28. The molecule has 1 aliphatic carbocycles. The van der Waals surface area contributed by atoms with Gasteiger partial charge in [-0.1, -0.05) is 35.9 Å². The van der Waals surface area contributed by atoms with Gasteiger partial charge < -0.3 is 20.5 Å². The molecule has 1 heterocycles. The number of allylic oxidation sites excluding steroid dienone is 1. The standard InChI is InChI=1S/C27H24BrClN2O3/c1-2-34-24-14-17(11-19(28)27(24)33)26-25-22(30-20-5-3-4-6-21(20)31-26)12-16(13-23(25)32)15-7-9-18(29)10-8-15/h3-11,14,16,26,30-31,33H,2,12-13H2,1H3. The second kappa shape index (κ2) is 9.35. The molecule has 2 atom stereocenters. The van der Waals surface area contributed by atoms with Crippen LogP contribution < -0.4 is 15.4 Å². The van der Waals surface area contributed by atoms with Crippen LogP contribution in [0.5, 0.6) is 11.5 Å². The van der Waals surface area contributed by atoms with Gasteiger partial charge in [-0.05, 0) is 82.7 Å². The molecule has 0 amide bonds. The largest absolute Gasteiger partial charge is 0.503 e. The van der Waals surface area contributed by atoms with E-state index in [1.54, 1.807) is 6.07 Å². The van der Waals surface area contributed by atoms with Gasteiger partial charge >= 0.3 is 0 Å². The first-order chi connectivity index (χ1) is 16.4. The smallest absolute Gasteiger partial charge is 0.172 e. The third-order valence-corrected chi connectivity index (χ3v) is 7.19. The van der Waals surface area contributed by atoms with Gasteiger partial charge in [0.05, 0.1) is 28.5 Å². The van der Waals surface area contributed by atoms with Crippen LogP contribution in [-0.4, -0.2) is 17.5 Å². The number of anilines is 2. The minimum absolute atomic E-state index is 0.0460. The van der Waals surface area contributed by atoms with Crippen LogP contribution in [0.3, 0.4) is 0 Å². The van der Waals surface area contributed by atoms with Gasteiger partial charge in [0.1, 0.15) is 0 Å². The van der Waals surface area contributed by atoms with E-state index in [-0.39, 0.29) is 17.5 Å². The Hall–Kier alpha value is -2.96. The normalized spacial score (nSPS) is 19.4. The lowest BCUT2D eigenvalue weighted by atomic mass is 9.78. The number of carbonyl (C=O) groups is 1. The first-order valence-electron chi connectivity index (χ1n) is 11.2. The molecule has 5 nitrogen and oxygen atoms in total. The van der Waals surface area contributed by atoms with Crippen molar-refractivity contribution in [3.05, 3.63) is 92.6 Å². The van der Waals surface area contributed by atoms with E-state index < -0.39 is 6.04 Å². The Kier molecular flexibility index (Phi) is 6.28. The summed E-state index contributed by atoms with van der Waals surface area (Å²) in [4.78, 5) is 13.7. The molecule has 34 heavy (non-hydrogen) atoms. The summed E-state index contributed by atoms with van der Waals surface area (Å²) >= 11 is 9.53. The number of aromatic hydroxyl groups is 1. The highest BCUT2D eigenvalue weighted by molar-refractivity contribution is 9.10. The number of ether oxygens (including phenoxy) is 1. The highest BCUT2D eigenvalue weighted by atomic mass is 79.9. The number of halogens is 2. The molecule has 0 saturated carbocycles. The molecule has 1 aliphatic heterocycles. The molecule has 5 rings (SSSR count). The number of fused-ring (bicyclic) bond motifs is 1. The second-order valence-corrected chi connectivity index (χ2v) is 9.79. The van der Waals surface area contributed by atoms with Crippen LogP contribution in [0.2, 0.25) is 5.02 Å². The zero-order valence-corrected chi connectivity index (χ0v) is 20.9. The molecular formula is C27H24BrClN2O3. The summed E-state index contributed by atoms with van der Waals surface area (Å²) in [7, 11) is 0. The molecule has 3 aromatic carbocycles. The van der Waals surface area contributed by atoms with Crippen LogP contribution in [0, 0.1) is 0 Å². The minimum atomic E-state index is -0.402. The topological polar surface area (TPSA) is 70.6 Å². The molecule has 0 fully saturated rings. The second-order valence-electron chi connectivity index (χ2n) is 8.50. The summed E-state index contributed by atoms with van der Waals surface area (Å²) in [5.41, 5.74) is 5.36. The molecule has 2 aliphatic rings. The predicted molar refractivity (Wildman–Crippen MR) is 139 cm³/mol. The average molecular weight is 540 g/mol. The van der Waals surface area contributed by atoms with Crippen LogP contribution >= 0.6 is 27.5 Å². The van der Waals surface area contributed by atoms with Crippen LogP contribution in [0.1, 0.15) is 42.9 Å². The molecule has 0 spiro atoms. The van der Waals surface area contributed by atoms with Crippen molar-refractivity contribution in [2.24, 2.45) is 0 Å². The lowest BCUT2D eigenvalue weighted by Gasteiger charge is -2.30.